The van der Waals surface area contributed by atoms with Gasteiger partial charge in [-0.15, -0.1) is 0 Å². The van der Waals surface area contributed by atoms with Gasteiger partial charge in [0.05, 0.1) is 34.0 Å². The molecule has 16 heteroatoms. The Labute approximate surface area is 319 Å². The summed E-state index contributed by atoms with van der Waals surface area (Å²) < 4.78 is 42.3. The van der Waals surface area contributed by atoms with Gasteiger partial charge in [0, 0.05) is 53.9 Å². The van der Waals surface area contributed by atoms with Crippen molar-refractivity contribution in [2.75, 3.05) is 28.4 Å². The largest absolute Gasteiger partial charge is 0.468 e. The maximum atomic E-state index is 15.2. The van der Waals surface area contributed by atoms with E-state index in [0.717, 1.165) is 0 Å². The quantitative estimate of drug-likeness (QED) is 0.0664. The Morgan fingerprint density at radius 2 is 0.811 bits per heavy atom. The van der Waals surface area contributed by atoms with Crippen molar-refractivity contribution in [3.8, 4) is 0 Å². The molecule has 0 saturated carbocycles. The van der Waals surface area contributed by atoms with Gasteiger partial charge in [-0.2, -0.15) is 0 Å². The van der Waals surface area contributed by atoms with Crippen molar-refractivity contribution in [3.63, 3.8) is 0 Å². The number of hydrogen-bond acceptors (Lipinski definition) is 14. The topological polar surface area (TPSA) is 143 Å². The van der Waals surface area contributed by atoms with Crippen LogP contribution >= 0.6 is 14.7 Å². The first-order valence-corrected chi connectivity index (χ1v) is 22.0. The van der Waals surface area contributed by atoms with E-state index in [1.54, 1.807) is 0 Å². The number of carbonyl (C=O) groups is 4. The van der Waals surface area contributed by atoms with Crippen molar-refractivity contribution in [1.82, 2.24) is 18.7 Å². The Balaban J connectivity index is 3.98. The van der Waals surface area contributed by atoms with E-state index < -0.39 is 43.7 Å². The van der Waals surface area contributed by atoms with E-state index in [9.17, 15) is 9.59 Å². The van der Waals surface area contributed by atoms with Gasteiger partial charge in [0.15, 0.2) is 5.82 Å². The van der Waals surface area contributed by atoms with Crippen molar-refractivity contribution in [1.29, 1.82) is 0 Å². The van der Waals surface area contributed by atoms with Gasteiger partial charge in [0.1, 0.15) is 20.0 Å². The fourth-order valence-corrected chi connectivity index (χ4v) is 19.2. The minimum Gasteiger partial charge on any atom is -0.468 e. The number of methoxy groups -OCH3 is 4. The van der Waals surface area contributed by atoms with E-state index >= 15 is 9.59 Å². The van der Waals surface area contributed by atoms with E-state index in [0.29, 0.717) is 0 Å². The van der Waals surface area contributed by atoms with Crippen LogP contribution in [0, 0.1) is 0 Å². The first-order valence-electron chi connectivity index (χ1n) is 18.7. The van der Waals surface area contributed by atoms with Gasteiger partial charge in [-0.05, 0) is 111 Å². The average molecular weight is 787 g/mol. The second kappa shape index (κ2) is 17.6. The molecule has 53 heavy (non-hydrogen) atoms. The van der Waals surface area contributed by atoms with Crippen molar-refractivity contribution in [3.05, 3.63) is 22.3 Å². The first-order chi connectivity index (χ1) is 24.4. The second-order valence-corrected chi connectivity index (χ2v) is 21.3. The van der Waals surface area contributed by atoms with Crippen LogP contribution in [-0.2, 0) is 38.1 Å². The summed E-state index contributed by atoms with van der Waals surface area (Å²) in [5.41, 5.74) is -0.443. The minimum absolute atomic E-state index is 0.0192. The summed E-state index contributed by atoms with van der Waals surface area (Å²) >= 11 is 0. The highest BCUT2D eigenvalue weighted by Crippen LogP contribution is 2.80. The SMILES string of the molecule is COC(=O)C1=C(C(=O)OC)P(N(C(C)C)C(C)C)(N(C(C)C)C(C)C)=NC2=C1C(C(=O)OC)(C(=O)OC)P(N(C(C)C)C(C)C)(N(C(C)C)C(C)C)=N2. The van der Waals surface area contributed by atoms with Crippen LogP contribution in [-0.4, -0.2) is 124 Å². The Kier molecular flexibility index (Phi) is 15.6. The Morgan fingerprint density at radius 1 is 0.491 bits per heavy atom. The maximum absolute atomic E-state index is 15.2. The van der Waals surface area contributed by atoms with Crippen molar-refractivity contribution < 1.29 is 38.1 Å². The Morgan fingerprint density at radius 3 is 1.08 bits per heavy atom. The maximum Gasteiger partial charge on any atom is 0.343 e. The lowest BCUT2D eigenvalue weighted by Crippen LogP contribution is -2.60. The molecule has 2 aliphatic rings. The highest BCUT2D eigenvalue weighted by Gasteiger charge is 2.74. The predicted molar refractivity (Wildman–Crippen MR) is 212 cm³/mol. The molecule has 0 aromatic rings. The number of rotatable bonds is 16. The lowest BCUT2D eigenvalue weighted by molar-refractivity contribution is -0.155. The van der Waals surface area contributed by atoms with Gasteiger partial charge in [-0.25, -0.2) is 38.0 Å². The lowest BCUT2D eigenvalue weighted by atomic mass is 9.90. The van der Waals surface area contributed by atoms with Gasteiger partial charge in [-0.3, -0.25) is 9.34 Å². The summed E-state index contributed by atoms with van der Waals surface area (Å²) in [6, 6.07) is -2.04. The van der Waals surface area contributed by atoms with Crippen molar-refractivity contribution >= 4 is 38.6 Å². The number of carbonyl (C=O) groups excluding carboxylic acids is 4. The first kappa shape index (κ1) is 46.8. The molecular formula is C37H68N6O8P2. The molecule has 2 heterocycles. The molecule has 0 fully saturated rings. The number of nitrogens with zero attached hydrogens (tertiary/aromatic N) is 6. The van der Waals surface area contributed by atoms with E-state index in [2.05, 4.69) is 18.7 Å². The Hall–Kier alpha value is -2.34. The third-order valence-electron chi connectivity index (χ3n) is 9.54. The minimum atomic E-state index is -3.89. The van der Waals surface area contributed by atoms with Crippen molar-refractivity contribution in [2.24, 2.45) is 9.49 Å². The normalized spacial score (nSPS) is 18.1. The molecule has 0 bridgehead atoms. The van der Waals surface area contributed by atoms with Crippen LogP contribution in [0.5, 0.6) is 0 Å². The molecule has 0 aliphatic carbocycles. The van der Waals surface area contributed by atoms with Crippen LogP contribution in [0.15, 0.2) is 31.8 Å². The third-order valence-corrected chi connectivity index (χ3v) is 19.2. The van der Waals surface area contributed by atoms with E-state index in [1.807, 2.05) is 111 Å². The molecule has 2 aliphatic heterocycles. The van der Waals surface area contributed by atoms with Gasteiger partial charge in [0.2, 0.25) is 0 Å². The molecule has 0 atom stereocenters. The average Bonchev–Trinajstić information content (AvgIpc) is 3.30. The molecule has 0 amide bonds. The van der Waals surface area contributed by atoms with Crippen LogP contribution in [0.3, 0.4) is 0 Å². The summed E-state index contributed by atoms with van der Waals surface area (Å²) in [5, 5.41) is -2.50. The standard InChI is InChI=1S/C37H68N6O8P2/c1-21(2)40(22(3)4)52(41(23(5)6)24(7)8)31(34(45)49-18)29(33(44)48-17)30-32(38-52)39-53(42(25(9)10)26(11)12,43(27(13)14)28(15)16)37(30,35(46)50-19)36(47)51-20/h21-28H,1-20H3. The zero-order chi connectivity index (χ0) is 41.3. The van der Waals surface area contributed by atoms with Crippen LogP contribution in [0.4, 0.5) is 0 Å². The zero-order valence-corrected chi connectivity index (χ0v) is 37.8. The van der Waals surface area contributed by atoms with Gasteiger partial charge >= 0.3 is 23.9 Å². The summed E-state index contributed by atoms with van der Waals surface area (Å²) in [6.45, 7) is 32.0. The van der Waals surface area contributed by atoms with E-state index in [4.69, 9.17) is 28.4 Å². The number of esters is 4. The third kappa shape index (κ3) is 7.26. The molecule has 0 saturated heterocycles. The molecular weight excluding hydrogens is 718 g/mol. The monoisotopic (exact) mass is 786 g/mol. The Bertz CT molecular complexity index is 1500. The lowest BCUT2D eigenvalue weighted by Gasteiger charge is -2.55. The predicted octanol–water partition coefficient (Wildman–Crippen LogP) is 7.45. The van der Waals surface area contributed by atoms with E-state index in [-0.39, 0.29) is 70.6 Å². The zero-order valence-electron chi connectivity index (χ0n) is 36.0. The number of hydrogen-bond donors (Lipinski definition) is 0. The molecule has 0 aromatic carbocycles. The summed E-state index contributed by atoms with van der Waals surface area (Å²) in [7, 11) is -2.68. The molecule has 304 valence electrons. The summed E-state index contributed by atoms with van der Waals surface area (Å²) in [5.74, 6) is -3.72. The van der Waals surface area contributed by atoms with Crippen LogP contribution < -0.4 is 0 Å². The van der Waals surface area contributed by atoms with Gasteiger partial charge < -0.3 is 18.9 Å². The fraction of sp³-hybridized carbons (Fsp3) is 0.784. The molecule has 0 N–H and O–H groups in total. The molecule has 0 aromatic heterocycles. The van der Waals surface area contributed by atoms with Crippen LogP contribution in [0.2, 0.25) is 0 Å². The second-order valence-electron chi connectivity index (χ2n) is 15.7. The smallest absolute Gasteiger partial charge is 0.343 e. The van der Waals surface area contributed by atoms with E-state index in [1.165, 1.54) is 28.4 Å². The molecule has 0 radical (unpaired) electrons. The molecule has 14 nitrogen and oxygen atoms in total. The summed E-state index contributed by atoms with van der Waals surface area (Å²) in [6.07, 6.45) is 0. The summed E-state index contributed by atoms with van der Waals surface area (Å²) in [4.78, 5) is 60.0. The molecule has 2 rings (SSSR count). The molecule has 0 unspecified atom stereocenters. The van der Waals surface area contributed by atoms with Crippen LogP contribution in [0.1, 0.15) is 111 Å². The van der Waals surface area contributed by atoms with Gasteiger partial charge in [0.25, 0.3) is 5.16 Å². The highest BCUT2D eigenvalue weighted by molar-refractivity contribution is 7.68. The van der Waals surface area contributed by atoms with Gasteiger partial charge in [-0.1, -0.05) is 0 Å². The van der Waals surface area contributed by atoms with Crippen LogP contribution in [0.25, 0.3) is 0 Å². The highest BCUT2D eigenvalue weighted by atomic mass is 31.2. The fourth-order valence-electron chi connectivity index (χ4n) is 8.82. The molecule has 0 spiro atoms. The number of ether oxygens (including phenoxy) is 4. The van der Waals surface area contributed by atoms with Crippen molar-refractivity contribution in [2.45, 2.75) is 164 Å².